The Morgan fingerprint density at radius 3 is 2.17 bits per heavy atom. The maximum Gasteiger partial charge on any atom is 0.138 e. The zero-order chi connectivity index (χ0) is 12.7. The molecule has 0 aliphatic carbocycles. The van der Waals surface area contributed by atoms with Crippen LogP contribution >= 0.6 is 0 Å². The number of fused-ring (bicyclic) bond motifs is 1. The minimum absolute atomic E-state index is 0.243. The third-order valence-electron chi connectivity index (χ3n) is 2.81. The van der Waals surface area contributed by atoms with E-state index in [1.165, 1.54) is 0 Å². The molecular formula is C14H8F3N. The lowest BCUT2D eigenvalue weighted by Crippen LogP contribution is -1.92. The van der Waals surface area contributed by atoms with Crippen LogP contribution in [0.1, 0.15) is 0 Å². The van der Waals surface area contributed by atoms with Gasteiger partial charge in [0.15, 0.2) is 0 Å². The standard InChI is InChI=1S/C14H8F3N/c15-9-6-10(16)14(11(17)7-9)13-5-8-3-1-2-4-12(8)18-13/h1-7,18H. The average Bonchev–Trinajstić information content (AvgIpc) is 2.70. The van der Waals surface area contributed by atoms with Crippen LogP contribution in [0.5, 0.6) is 0 Å². The smallest absolute Gasteiger partial charge is 0.138 e. The minimum Gasteiger partial charge on any atom is -0.354 e. The Labute approximate surface area is 101 Å². The molecule has 0 aliphatic heterocycles. The summed E-state index contributed by atoms with van der Waals surface area (Å²) in [4.78, 5) is 2.91. The van der Waals surface area contributed by atoms with Gasteiger partial charge in [-0.1, -0.05) is 18.2 Å². The summed E-state index contributed by atoms with van der Waals surface area (Å²) in [5.41, 5.74) is 0.828. The molecule has 4 heteroatoms. The van der Waals surface area contributed by atoms with Crippen molar-refractivity contribution >= 4 is 10.9 Å². The van der Waals surface area contributed by atoms with Gasteiger partial charge in [-0.15, -0.1) is 0 Å². The number of aromatic nitrogens is 1. The van der Waals surface area contributed by atoms with Crippen molar-refractivity contribution in [1.82, 2.24) is 4.98 Å². The highest BCUT2D eigenvalue weighted by molar-refractivity contribution is 5.85. The molecule has 1 aromatic heterocycles. The summed E-state index contributed by atoms with van der Waals surface area (Å²) in [7, 11) is 0. The van der Waals surface area contributed by atoms with Crippen LogP contribution in [-0.2, 0) is 0 Å². The van der Waals surface area contributed by atoms with Gasteiger partial charge in [0.2, 0.25) is 0 Å². The number of hydrogen-bond donors (Lipinski definition) is 1. The van der Waals surface area contributed by atoms with Crippen molar-refractivity contribution in [3.63, 3.8) is 0 Å². The zero-order valence-corrected chi connectivity index (χ0v) is 9.18. The van der Waals surface area contributed by atoms with E-state index in [9.17, 15) is 13.2 Å². The number of nitrogens with one attached hydrogen (secondary N) is 1. The van der Waals surface area contributed by atoms with Crippen molar-refractivity contribution < 1.29 is 13.2 Å². The van der Waals surface area contributed by atoms with Gasteiger partial charge in [-0.05, 0) is 12.1 Å². The molecule has 0 saturated heterocycles. The summed E-state index contributed by atoms with van der Waals surface area (Å²) in [6, 6.07) is 10.3. The number of para-hydroxylation sites is 1. The van der Waals surface area contributed by atoms with Crippen molar-refractivity contribution in [2.75, 3.05) is 0 Å². The van der Waals surface area contributed by atoms with E-state index in [-0.39, 0.29) is 5.56 Å². The lowest BCUT2D eigenvalue weighted by atomic mass is 10.1. The van der Waals surface area contributed by atoms with Crippen LogP contribution in [0.2, 0.25) is 0 Å². The van der Waals surface area contributed by atoms with Crippen LogP contribution in [0.25, 0.3) is 22.2 Å². The lowest BCUT2D eigenvalue weighted by molar-refractivity contribution is 0.547. The van der Waals surface area contributed by atoms with Crippen LogP contribution in [0.3, 0.4) is 0 Å². The van der Waals surface area contributed by atoms with Gasteiger partial charge < -0.3 is 4.98 Å². The van der Waals surface area contributed by atoms with E-state index in [1.54, 1.807) is 12.1 Å². The fraction of sp³-hybridized carbons (Fsp3) is 0. The van der Waals surface area contributed by atoms with E-state index >= 15 is 0 Å². The predicted octanol–water partition coefficient (Wildman–Crippen LogP) is 4.25. The molecule has 0 unspecified atom stereocenters. The highest BCUT2D eigenvalue weighted by Gasteiger charge is 2.15. The molecule has 0 atom stereocenters. The molecule has 0 aliphatic rings. The number of hydrogen-bond acceptors (Lipinski definition) is 0. The van der Waals surface area contributed by atoms with Crippen molar-refractivity contribution in [3.8, 4) is 11.3 Å². The summed E-state index contributed by atoms with van der Waals surface area (Å²) in [5, 5.41) is 0.843. The molecule has 0 saturated carbocycles. The Morgan fingerprint density at radius 1 is 0.833 bits per heavy atom. The molecule has 1 N–H and O–H groups in total. The second-order valence-corrected chi connectivity index (χ2v) is 4.01. The first-order chi connectivity index (χ1) is 8.65. The second-order valence-electron chi connectivity index (χ2n) is 4.01. The number of H-pyrrole nitrogens is 1. The van der Waals surface area contributed by atoms with E-state index in [1.807, 2.05) is 18.2 Å². The zero-order valence-electron chi connectivity index (χ0n) is 9.18. The van der Waals surface area contributed by atoms with Crippen molar-refractivity contribution in [3.05, 3.63) is 59.9 Å². The summed E-state index contributed by atoms with van der Waals surface area (Å²) in [6.45, 7) is 0. The average molecular weight is 247 g/mol. The molecule has 2 aromatic carbocycles. The first kappa shape index (κ1) is 10.9. The molecule has 0 spiro atoms. The van der Waals surface area contributed by atoms with Crippen LogP contribution in [0.15, 0.2) is 42.5 Å². The number of aromatic amines is 1. The summed E-state index contributed by atoms with van der Waals surface area (Å²) in [5.74, 6) is -2.76. The molecular weight excluding hydrogens is 239 g/mol. The maximum absolute atomic E-state index is 13.6. The van der Waals surface area contributed by atoms with E-state index in [0.29, 0.717) is 17.8 Å². The van der Waals surface area contributed by atoms with Crippen molar-refractivity contribution in [2.45, 2.75) is 0 Å². The van der Waals surface area contributed by atoms with Gasteiger partial charge >= 0.3 is 0 Å². The molecule has 3 aromatic rings. The molecule has 18 heavy (non-hydrogen) atoms. The molecule has 3 rings (SSSR count). The summed E-state index contributed by atoms with van der Waals surface area (Å²) >= 11 is 0. The van der Waals surface area contributed by atoms with Crippen molar-refractivity contribution in [1.29, 1.82) is 0 Å². The van der Waals surface area contributed by atoms with Gasteiger partial charge in [0.05, 0.1) is 11.3 Å². The fourth-order valence-corrected chi connectivity index (χ4v) is 2.01. The van der Waals surface area contributed by atoms with Crippen LogP contribution < -0.4 is 0 Å². The van der Waals surface area contributed by atoms with Crippen LogP contribution in [0.4, 0.5) is 13.2 Å². The van der Waals surface area contributed by atoms with E-state index < -0.39 is 17.5 Å². The van der Waals surface area contributed by atoms with Gasteiger partial charge in [0, 0.05) is 23.0 Å². The Kier molecular flexibility index (Phi) is 2.37. The lowest BCUT2D eigenvalue weighted by Gasteiger charge is -2.02. The number of halogens is 3. The summed E-state index contributed by atoms with van der Waals surface area (Å²) in [6.07, 6.45) is 0. The summed E-state index contributed by atoms with van der Waals surface area (Å²) < 4.78 is 40.1. The number of benzene rings is 2. The Balaban J connectivity index is 2.26. The van der Waals surface area contributed by atoms with Crippen molar-refractivity contribution in [2.24, 2.45) is 0 Å². The highest BCUT2D eigenvalue weighted by Crippen LogP contribution is 2.29. The molecule has 1 nitrogen and oxygen atoms in total. The Bertz CT molecular complexity index is 675. The third-order valence-corrected chi connectivity index (χ3v) is 2.81. The molecule has 90 valence electrons. The van der Waals surface area contributed by atoms with E-state index in [2.05, 4.69) is 4.98 Å². The van der Waals surface area contributed by atoms with Crippen LogP contribution in [-0.4, -0.2) is 4.98 Å². The quantitative estimate of drug-likeness (QED) is 0.661. The van der Waals surface area contributed by atoms with Gasteiger partial charge in [-0.2, -0.15) is 0 Å². The first-order valence-corrected chi connectivity index (χ1v) is 5.38. The SMILES string of the molecule is Fc1cc(F)c(-c2cc3ccccc3[nH]2)c(F)c1. The van der Waals surface area contributed by atoms with Crippen LogP contribution in [0, 0.1) is 17.5 Å². The topological polar surface area (TPSA) is 15.8 Å². The minimum atomic E-state index is -0.926. The van der Waals surface area contributed by atoms with Gasteiger partial charge in [0.25, 0.3) is 0 Å². The largest absolute Gasteiger partial charge is 0.354 e. The van der Waals surface area contributed by atoms with Gasteiger partial charge in [-0.25, -0.2) is 13.2 Å². The first-order valence-electron chi connectivity index (χ1n) is 5.38. The van der Waals surface area contributed by atoms with Gasteiger partial charge in [-0.3, -0.25) is 0 Å². The predicted molar refractivity (Wildman–Crippen MR) is 63.6 cm³/mol. The van der Waals surface area contributed by atoms with Gasteiger partial charge in [0.1, 0.15) is 17.5 Å². The normalized spacial score (nSPS) is 11.1. The van der Waals surface area contributed by atoms with E-state index in [4.69, 9.17) is 0 Å². The Morgan fingerprint density at radius 2 is 1.50 bits per heavy atom. The third kappa shape index (κ3) is 1.66. The molecule has 0 radical (unpaired) electrons. The molecule has 0 amide bonds. The molecule has 1 heterocycles. The maximum atomic E-state index is 13.6. The highest BCUT2D eigenvalue weighted by atomic mass is 19.1. The Hall–Kier alpha value is -2.23. The molecule has 0 bridgehead atoms. The second kappa shape index (κ2) is 3.91. The fourth-order valence-electron chi connectivity index (χ4n) is 2.01. The van der Waals surface area contributed by atoms with E-state index in [0.717, 1.165) is 10.9 Å². The monoisotopic (exact) mass is 247 g/mol. The molecule has 0 fully saturated rings. The number of rotatable bonds is 1.